The summed E-state index contributed by atoms with van der Waals surface area (Å²) in [6.07, 6.45) is 2.20. The van der Waals surface area contributed by atoms with E-state index in [0.29, 0.717) is 22.2 Å². The molecule has 0 radical (unpaired) electrons. The van der Waals surface area contributed by atoms with Gasteiger partial charge in [-0.25, -0.2) is 8.42 Å². The normalized spacial score (nSPS) is 17.7. The van der Waals surface area contributed by atoms with Gasteiger partial charge < -0.3 is 5.73 Å². The maximum atomic E-state index is 12.6. The zero-order valence-electron chi connectivity index (χ0n) is 11.4. The van der Waals surface area contributed by atoms with Crippen molar-refractivity contribution in [2.75, 3.05) is 12.8 Å². The number of halogens is 1. The van der Waals surface area contributed by atoms with Crippen LogP contribution in [-0.2, 0) is 10.0 Å². The highest BCUT2D eigenvalue weighted by Crippen LogP contribution is 2.37. The maximum Gasteiger partial charge on any atom is 0.243 e. The molecule has 2 rings (SSSR count). The molecule has 1 saturated carbocycles. The minimum absolute atomic E-state index is 0.0151. The van der Waals surface area contributed by atoms with Crippen molar-refractivity contribution in [1.29, 1.82) is 0 Å². The lowest BCUT2D eigenvalue weighted by atomic mass is 10.2. The van der Waals surface area contributed by atoms with Crippen molar-refractivity contribution in [1.82, 2.24) is 4.31 Å². The lowest BCUT2D eigenvalue weighted by Gasteiger charge is -2.25. The Bertz CT molecular complexity index is 597. The molecule has 0 heterocycles. The molecular formula is C13H19ClN2O2S. The van der Waals surface area contributed by atoms with Crippen molar-refractivity contribution in [2.24, 2.45) is 5.92 Å². The number of rotatable bonds is 4. The van der Waals surface area contributed by atoms with Gasteiger partial charge in [0.25, 0.3) is 0 Å². The molecule has 106 valence electrons. The molecule has 1 aromatic carbocycles. The van der Waals surface area contributed by atoms with E-state index in [-0.39, 0.29) is 10.9 Å². The van der Waals surface area contributed by atoms with E-state index in [1.54, 1.807) is 20.0 Å². The molecule has 0 saturated heterocycles. The first-order chi connectivity index (χ1) is 8.75. The average molecular weight is 303 g/mol. The van der Waals surface area contributed by atoms with Crippen LogP contribution in [0.15, 0.2) is 17.0 Å². The molecule has 1 aliphatic rings. The lowest BCUT2D eigenvalue weighted by Crippen LogP contribution is -2.36. The standard InChI is InChI=1S/C13H19ClN2O2S/c1-8-6-11(14)12(15)7-13(8)19(17,18)16(3)9(2)10-4-5-10/h6-7,9-10H,4-5,15H2,1-3H3. The van der Waals surface area contributed by atoms with Gasteiger partial charge in [-0.2, -0.15) is 4.31 Å². The van der Waals surface area contributed by atoms with Gasteiger partial charge in [-0.15, -0.1) is 0 Å². The van der Waals surface area contributed by atoms with E-state index in [1.807, 2.05) is 6.92 Å². The molecule has 4 nitrogen and oxygen atoms in total. The number of hydrogen-bond acceptors (Lipinski definition) is 3. The molecule has 0 aromatic heterocycles. The average Bonchev–Trinajstić information content (AvgIpc) is 3.15. The molecule has 1 unspecified atom stereocenters. The number of anilines is 1. The molecule has 2 N–H and O–H groups in total. The minimum Gasteiger partial charge on any atom is -0.397 e. The molecule has 0 amide bonds. The molecule has 0 spiro atoms. The Kier molecular flexibility index (Phi) is 3.82. The van der Waals surface area contributed by atoms with Crippen LogP contribution in [-0.4, -0.2) is 25.8 Å². The van der Waals surface area contributed by atoms with E-state index < -0.39 is 10.0 Å². The van der Waals surface area contributed by atoms with Gasteiger partial charge in [-0.05, 0) is 50.3 Å². The van der Waals surface area contributed by atoms with Crippen LogP contribution in [0, 0.1) is 12.8 Å². The third kappa shape index (κ3) is 2.73. The Hall–Kier alpha value is -0.780. The lowest BCUT2D eigenvalue weighted by molar-refractivity contribution is 0.357. The molecule has 6 heteroatoms. The van der Waals surface area contributed by atoms with Crippen molar-refractivity contribution in [3.8, 4) is 0 Å². The first-order valence-corrected chi connectivity index (χ1v) is 8.10. The summed E-state index contributed by atoms with van der Waals surface area (Å²) in [6.45, 7) is 3.68. The van der Waals surface area contributed by atoms with E-state index in [1.165, 1.54) is 10.4 Å². The minimum atomic E-state index is -3.52. The van der Waals surface area contributed by atoms with Gasteiger partial charge in [0.2, 0.25) is 10.0 Å². The summed E-state index contributed by atoms with van der Waals surface area (Å²) in [5.41, 5.74) is 6.63. The number of nitrogen functional groups attached to an aromatic ring is 1. The molecule has 1 aliphatic carbocycles. The Labute approximate surface area is 119 Å². The third-order valence-corrected chi connectivity index (χ3v) is 6.24. The van der Waals surface area contributed by atoms with Gasteiger partial charge in [-0.3, -0.25) is 0 Å². The van der Waals surface area contributed by atoms with Crippen molar-refractivity contribution >= 4 is 27.3 Å². The van der Waals surface area contributed by atoms with Gasteiger partial charge in [0, 0.05) is 13.1 Å². The molecule has 1 aromatic rings. The Morgan fingerprint density at radius 2 is 2.00 bits per heavy atom. The number of benzene rings is 1. The highest BCUT2D eigenvalue weighted by Gasteiger charge is 2.36. The van der Waals surface area contributed by atoms with Crippen LogP contribution < -0.4 is 5.73 Å². The molecule has 1 fully saturated rings. The molecule has 19 heavy (non-hydrogen) atoms. The van der Waals surface area contributed by atoms with Crippen LogP contribution in [0.25, 0.3) is 0 Å². The van der Waals surface area contributed by atoms with Gasteiger partial charge in [-0.1, -0.05) is 11.6 Å². The Balaban J connectivity index is 2.41. The summed E-state index contributed by atoms with van der Waals surface area (Å²) < 4.78 is 26.7. The smallest absolute Gasteiger partial charge is 0.243 e. The van der Waals surface area contributed by atoms with Crippen LogP contribution >= 0.6 is 11.6 Å². The zero-order valence-corrected chi connectivity index (χ0v) is 12.9. The summed E-state index contributed by atoms with van der Waals surface area (Å²) in [5, 5.41) is 0.384. The summed E-state index contributed by atoms with van der Waals surface area (Å²) >= 11 is 5.91. The first kappa shape index (κ1) is 14.6. The van der Waals surface area contributed by atoms with Gasteiger partial charge >= 0.3 is 0 Å². The number of sulfonamides is 1. The van der Waals surface area contributed by atoms with Gasteiger partial charge in [0.15, 0.2) is 0 Å². The fourth-order valence-corrected chi connectivity index (χ4v) is 4.08. The highest BCUT2D eigenvalue weighted by atomic mass is 35.5. The van der Waals surface area contributed by atoms with Crippen LogP contribution in [0.4, 0.5) is 5.69 Å². The van der Waals surface area contributed by atoms with Gasteiger partial charge in [0.1, 0.15) is 0 Å². The van der Waals surface area contributed by atoms with Crippen LogP contribution in [0.1, 0.15) is 25.3 Å². The fourth-order valence-electron chi connectivity index (χ4n) is 2.20. The first-order valence-electron chi connectivity index (χ1n) is 6.28. The topological polar surface area (TPSA) is 63.4 Å². The van der Waals surface area contributed by atoms with Gasteiger partial charge in [0.05, 0.1) is 15.6 Å². The van der Waals surface area contributed by atoms with E-state index in [0.717, 1.165) is 12.8 Å². The predicted molar refractivity (Wildman–Crippen MR) is 77.7 cm³/mol. The second-order valence-electron chi connectivity index (χ2n) is 5.24. The van der Waals surface area contributed by atoms with Crippen LogP contribution in [0.3, 0.4) is 0 Å². The Morgan fingerprint density at radius 3 is 2.53 bits per heavy atom. The summed E-state index contributed by atoms with van der Waals surface area (Å²) in [7, 11) is -1.89. The quantitative estimate of drug-likeness (QED) is 0.870. The molecule has 1 atom stereocenters. The van der Waals surface area contributed by atoms with E-state index in [9.17, 15) is 8.42 Å². The number of hydrogen-bond donors (Lipinski definition) is 1. The number of aryl methyl sites for hydroxylation is 1. The number of nitrogens with zero attached hydrogens (tertiary/aromatic N) is 1. The van der Waals surface area contributed by atoms with E-state index in [2.05, 4.69) is 0 Å². The second-order valence-corrected chi connectivity index (χ2v) is 7.61. The van der Waals surface area contributed by atoms with E-state index >= 15 is 0 Å². The summed E-state index contributed by atoms with van der Waals surface area (Å²) in [4.78, 5) is 0.240. The third-order valence-electron chi connectivity index (χ3n) is 3.83. The van der Waals surface area contributed by atoms with E-state index in [4.69, 9.17) is 17.3 Å². The van der Waals surface area contributed by atoms with Crippen molar-refractivity contribution in [3.05, 3.63) is 22.7 Å². The zero-order chi connectivity index (χ0) is 14.4. The maximum absolute atomic E-state index is 12.6. The van der Waals surface area contributed by atoms with Crippen LogP contribution in [0.2, 0.25) is 5.02 Å². The SMILES string of the molecule is Cc1cc(Cl)c(N)cc1S(=O)(=O)N(C)C(C)C1CC1. The van der Waals surface area contributed by atoms with Crippen LogP contribution in [0.5, 0.6) is 0 Å². The predicted octanol–water partition coefficient (Wildman–Crippen LogP) is 2.65. The monoisotopic (exact) mass is 302 g/mol. The number of nitrogens with two attached hydrogens (primary N) is 1. The van der Waals surface area contributed by atoms with Crippen molar-refractivity contribution in [3.63, 3.8) is 0 Å². The summed E-state index contributed by atoms with van der Waals surface area (Å²) in [6, 6.07) is 3.06. The highest BCUT2D eigenvalue weighted by molar-refractivity contribution is 7.89. The summed E-state index contributed by atoms with van der Waals surface area (Å²) in [5.74, 6) is 0.477. The molecular weight excluding hydrogens is 284 g/mol. The largest absolute Gasteiger partial charge is 0.397 e. The Morgan fingerprint density at radius 1 is 1.42 bits per heavy atom. The second kappa shape index (κ2) is 4.96. The molecule has 0 bridgehead atoms. The fraction of sp³-hybridized carbons (Fsp3) is 0.538. The van der Waals surface area contributed by atoms with Crippen molar-refractivity contribution in [2.45, 2.75) is 37.6 Å². The molecule has 0 aliphatic heterocycles. The van der Waals surface area contributed by atoms with Crippen molar-refractivity contribution < 1.29 is 8.42 Å².